The third kappa shape index (κ3) is 3.42. The van der Waals surface area contributed by atoms with Gasteiger partial charge in [0, 0.05) is 17.8 Å². The zero-order valence-corrected chi connectivity index (χ0v) is 16.8. The standard InChI is InChI=1S/C22H17N3O4S/c1-12-3-2-4-13(9-12)15-6-5-14(20(26)23-15)21(27)25-22-24-16-10-17-18(11-19(16)30-22)29-8-7-28-17/h2-6,9-11H,7-8H2,1H3,(H,23,26)(H,24,25,27). The van der Waals surface area contributed by atoms with Crippen LogP contribution in [0.5, 0.6) is 11.5 Å². The predicted molar refractivity (Wildman–Crippen MR) is 116 cm³/mol. The Kier molecular flexibility index (Phi) is 4.48. The maximum atomic E-state index is 12.7. The monoisotopic (exact) mass is 419 g/mol. The molecule has 30 heavy (non-hydrogen) atoms. The molecule has 2 aromatic heterocycles. The molecule has 0 radical (unpaired) electrons. The Bertz CT molecular complexity index is 1300. The lowest BCUT2D eigenvalue weighted by Crippen LogP contribution is -2.23. The Labute approximate surface area is 175 Å². The number of H-pyrrole nitrogens is 1. The number of anilines is 1. The van der Waals surface area contributed by atoms with Gasteiger partial charge in [-0.2, -0.15) is 0 Å². The summed E-state index contributed by atoms with van der Waals surface area (Å²) in [6, 6.07) is 14.7. The van der Waals surface area contributed by atoms with E-state index in [4.69, 9.17) is 9.47 Å². The van der Waals surface area contributed by atoms with Crippen molar-refractivity contribution in [1.29, 1.82) is 0 Å². The van der Waals surface area contributed by atoms with Gasteiger partial charge < -0.3 is 14.5 Å². The fourth-order valence-corrected chi connectivity index (χ4v) is 4.19. The number of hydrogen-bond donors (Lipinski definition) is 2. The molecule has 150 valence electrons. The third-order valence-electron chi connectivity index (χ3n) is 4.76. The number of rotatable bonds is 3. The van der Waals surface area contributed by atoms with Crippen LogP contribution >= 0.6 is 11.3 Å². The van der Waals surface area contributed by atoms with Gasteiger partial charge in [-0.1, -0.05) is 35.1 Å². The second-order valence-electron chi connectivity index (χ2n) is 6.92. The van der Waals surface area contributed by atoms with Crippen molar-refractivity contribution in [3.05, 3.63) is 70.0 Å². The van der Waals surface area contributed by atoms with Crippen molar-refractivity contribution in [2.24, 2.45) is 0 Å². The number of ether oxygens (including phenoxy) is 2. The molecular formula is C22H17N3O4S. The number of benzene rings is 2. The van der Waals surface area contributed by atoms with Gasteiger partial charge in [0.15, 0.2) is 16.6 Å². The molecule has 0 aliphatic carbocycles. The van der Waals surface area contributed by atoms with Crippen molar-refractivity contribution >= 4 is 32.6 Å². The minimum atomic E-state index is -0.511. The number of carbonyl (C=O) groups excluding carboxylic acids is 1. The first kappa shape index (κ1) is 18.4. The van der Waals surface area contributed by atoms with Gasteiger partial charge >= 0.3 is 0 Å². The summed E-state index contributed by atoms with van der Waals surface area (Å²) in [5.74, 6) is 0.793. The molecule has 1 amide bonds. The van der Waals surface area contributed by atoms with Crippen LogP contribution in [-0.4, -0.2) is 29.1 Å². The Morgan fingerprint density at radius 3 is 2.67 bits per heavy atom. The van der Waals surface area contributed by atoms with Crippen LogP contribution in [-0.2, 0) is 0 Å². The van der Waals surface area contributed by atoms with Crippen LogP contribution in [0.25, 0.3) is 21.5 Å². The molecule has 2 aromatic carbocycles. The fourth-order valence-electron chi connectivity index (χ4n) is 3.32. The number of aromatic nitrogens is 2. The molecule has 5 rings (SSSR count). The van der Waals surface area contributed by atoms with Gasteiger partial charge in [0.05, 0.1) is 10.2 Å². The highest BCUT2D eigenvalue weighted by molar-refractivity contribution is 7.22. The Morgan fingerprint density at radius 1 is 1.10 bits per heavy atom. The summed E-state index contributed by atoms with van der Waals surface area (Å²) >= 11 is 1.31. The van der Waals surface area contributed by atoms with E-state index >= 15 is 0 Å². The van der Waals surface area contributed by atoms with Gasteiger partial charge in [-0.15, -0.1) is 0 Å². The van der Waals surface area contributed by atoms with E-state index in [-0.39, 0.29) is 5.56 Å². The molecule has 0 atom stereocenters. The summed E-state index contributed by atoms with van der Waals surface area (Å²) in [7, 11) is 0. The van der Waals surface area contributed by atoms with Gasteiger partial charge in [-0.3, -0.25) is 14.9 Å². The molecule has 1 aliphatic heterocycles. The lowest BCUT2D eigenvalue weighted by atomic mass is 10.1. The minimum absolute atomic E-state index is 0.0246. The second-order valence-corrected chi connectivity index (χ2v) is 7.95. The van der Waals surface area contributed by atoms with Crippen molar-refractivity contribution < 1.29 is 14.3 Å². The van der Waals surface area contributed by atoms with E-state index in [9.17, 15) is 9.59 Å². The normalized spacial score (nSPS) is 12.7. The van der Waals surface area contributed by atoms with E-state index in [0.29, 0.717) is 41.1 Å². The van der Waals surface area contributed by atoms with Crippen LogP contribution in [0, 0.1) is 6.92 Å². The van der Waals surface area contributed by atoms with Crippen molar-refractivity contribution in [1.82, 2.24) is 9.97 Å². The maximum absolute atomic E-state index is 12.7. The zero-order chi connectivity index (χ0) is 20.7. The van der Waals surface area contributed by atoms with E-state index in [1.165, 1.54) is 17.4 Å². The van der Waals surface area contributed by atoms with Crippen LogP contribution in [0.2, 0.25) is 0 Å². The van der Waals surface area contributed by atoms with Crippen molar-refractivity contribution in [2.45, 2.75) is 6.92 Å². The van der Waals surface area contributed by atoms with E-state index in [0.717, 1.165) is 15.8 Å². The second kappa shape index (κ2) is 7.31. The van der Waals surface area contributed by atoms with E-state index < -0.39 is 11.5 Å². The molecule has 4 aromatic rings. The Balaban J connectivity index is 1.40. The highest BCUT2D eigenvalue weighted by Gasteiger charge is 2.17. The van der Waals surface area contributed by atoms with Gasteiger partial charge in [0.2, 0.25) is 0 Å². The number of thiazole rings is 1. The van der Waals surface area contributed by atoms with E-state index in [1.807, 2.05) is 37.3 Å². The summed E-state index contributed by atoms with van der Waals surface area (Å²) in [6.07, 6.45) is 0. The molecule has 0 saturated heterocycles. The van der Waals surface area contributed by atoms with Gasteiger partial charge in [-0.25, -0.2) is 4.98 Å². The third-order valence-corrected chi connectivity index (χ3v) is 5.69. The van der Waals surface area contributed by atoms with Crippen LogP contribution in [0.4, 0.5) is 5.13 Å². The number of carbonyl (C=O) groups is 1. The molecule has 8 heteroatoms. The van der Waals surface area contributed by atoms with Crippen molar-refractivity contribution in [2.75, 3.05) is 18.5 Å². The lowest BCUT2D eigenvalue weighted by molar-refractivity contribution is 0.102. The van der Waals surface area contributed by atoms with Gasteiger partial charge in [0.25, 0.3) is 11.5 Å². The first-order valence-electron chi connectivity index (χ1n) is 9.39. The molecule has 3 heterocycles. The van der Waals surface area contributed by atoms with Crippen molar-refractivity contribution in [3.8, 4) is 22.8 Å². The van der Waals surface area contributed by atoms with Crippen LogP contribution in [0.15, 0.2) is 53.3 Å². The molecule has 0 saturated carbocycles. The average Bonchev–Trinajstić information content (AvgIpc) is 3.12. The molecule has 0 bridgehead atoms. The predicted octanol–water partition coefficient (Wildman–Crippen LogP) is 3.98. The first-order valence-corrected chi connectivity index (χ1v) is 10.2. The highest BCUT2D eigenvalue weighted by Crippen LogP contribution is 2.37. The molecule has 0 fully saturated rings. The summed E-state index contributed by atoms with van der Waals surface area (Å²) in [5.41, 5.74) is 2.90. The number of aromatic amines is 1. The van der Waals surface area contributed by atoms with Crippen LogP contribution < -0.4 is 20.3 Å². The first-order chi connectivity index (χ1) is 14.6. The number of pyridine rings is 1. The Hall–Kier alpha value is -3.65. The van der Waals surface area contributed by atoms with Gasteiger partial charge in [0.1, 0.15) is 18.8 Å². The number of nitrogens with one attached hydrogen (secondary N) is 2. The lowest BCUT2D eigenvalue weighted by Gasteiger charge is -2.17. The van der Waals surface area contributed by atoms with E-state index in [2.05, 4.69) is 15.3 Å². The zero-order valence-electron chi connectivity index (χ0n) is 16.0. The number of aryl methyl sites for hydroxylation is 1. The molecule has 2 N–H and O–H groups in total. The Morgan fingerprint density at radius 2 is 1.90 bits per heavy atom. The van der Waals surface area contributed by atoms with E-state index in [1.54, 1.807) is 12.1 Å². The maximum Gasteiger partial charge on any atom is 0.263 e. The summed E-state index contributed by atoms with van der Waals surface area (Å²) in [5, 5.41) is 3.12. The summed E-state index contributed by atoms with van der Waals surface area (Å²) in [6.45, 7) is 2.98. The van der Waals surface area contributed by atoms with Gasteiger partial charge in [-0.05, 0) is 30.7 Å². The number of nitrogens with zero attached hydrogens (tertiary/aromatic N) is 1. The number of amides is 1. The fraction of sp³-hybridized carbons (Fsp3) is 0.136. The summed E-state index contributed by atoms with van der Waals surface area (Å²) in [4.78, 5) is 32.4. The SMILES string of the molecule is Cc1cccc(-c2ccc(C(=O)Nc3nc4cc5c(cc4s3)OCCO5)c(=O)[nH]2)c1. The highest BCUT2D eigenvalue weighted by atomic mass is 32.1. The topological polar surface area (TPSA) is 93.3 Å². The summed E-state index contributed by atoms with van der Waals surface area (Å²) < 4.78 is 12.0. The molecule has 7 nitrogen and oxygen atoms in total. The van der Waals surface area contributed by atoms with Crippen LogP contribution in [0.3, 0.4) is 0 Å². The molecule has 0 unspecified atom stereocenters. The molecule has 1 aliphatic rings. The smallest absolute Gasteiger partial charge is 0.263 e. The molecule has 0 spiro atoms. The molecular weight excluding hydrogens is 402 g/mol. The quantitative estimate of drug-likeness (QED) is 0.524. The number of hydrogen-bond acceptors (Lipinski definition) is 6. The van der Waals surface area contributed by atoms with Crippen molar-refractivity contribution in [3.63, 3.8) is 0 Å². The largest absolute Gasteiger partial charge is 0.486 e. The minimum Gasteiger partial charge on any atom is -0.486 e. The van der Waals surface area contributed by atoms with Crippen LogP contribution in [0.1, 0.15) is 15.9 Å². The number of fused-ring (bicyclic) bond motifs is 2. The average molecular weight is 419 g/mol.